The fraction of sp³-hybridized carbons (Fsp3) is 0.750. The van der Waals surface area contributed by atoms with E-state index in [1.165, 1.54) is 12.8 Å². The number of likely N-dealkylation sites (tertiary alicyclic amines) is 1. The zero-order valence-corrected chi connectivity index (χ0v) is 11.9. The molecule has 1 aromatic heterocycles. The van der Waals surface area contributed by atoms with Crippen LogP contribution in [0, 0.1) is 0 Å². The minimum Gasteiger partial charge on any atom is -0.350 e. The molecule has 2 aliphatic rings. The van der Waals surface area contributed by atoms with E-state index in [1.54, 1.807) is 0 Å². The third-order valence-corrected chi connectivity index (χ3v) is 3.88. The van der Waals surface area contributed by atoms with Gasteiger partial charge in [-0.25, -0.2) is 0 Å². The van der Waals surface area contributed by atoms with Crippen molar-refractivity contribution < 1.29 is 0 Å². The summed E-state index contributed by atoms with van der Waals surface area (Å²) in [6, 6.07) is 0.398. The average Bonchev–Trinajstić information content (AvgIpc) is 3.00. The third-order valence-electron chi connectivity index (χ3n) is 3.71. The predicted molar refractivity (Wildman–Crippen MR) is 75.8 cm³/mol. The first-order valence-electron chi connectivity index (χ1n) is 6.82. The molecule has 3 heterocycles. The van der Waals surface area contributed by atoms with Gasteiger partial charge in [-0.15, -0.1) is 0 Å². The second-order valence-corrected chi connectivity index (χ2v) is 5.65. The first-order valence-corrected chi connectivity index (χ1v) is 7.20. The molecule has 0 spiro atoms. The Morgan fingerprint density at radius 1 is 1.16 bits per heavy atom. The molecule has 6 nitrogen and oxygen atoms in total. The monoisotopic (exact) mass is 282 g/mol. The van der Waals surface area contributed by atoms with Crippen LogP contribution in [0.2, 0.25) is 5.28 Å². The van der Waals surface area contributed by atoms with Crippen molar-refractivity contribution in [3.63, 3.8) is 0 Å². The molecule has 2 aliphatic heterocycles. The number of anilines is 2. The van der Waals surface area contributed by atoms with Crippen LogP contribution < -0.4 is 10.2 Å². The van der Waals surface area contributed by atoms with Crippen molar-refractivity contribution in [2.75, 3.05) is 43.4 Å². The van der Waals surface area contributed by atoms with Crippen molar-refractivity contribution in [2.24, 2.45) is 0 Å². The third kappa shape index (κ3) is 3.06. The van der Waals surface area contributed by atoms with Gasteiger partial charge in [-0.1, -0.05) is 0 Å². The van der Waals surface area contributed by atoms with Gasteiger partial charge >= 0.3 is 0 Å². The van der Waals surface area contributed by atoms with Crippen molar-refractivity contribution in [1.82, 2.24) is 19.9 Å². The molecule has 7 heteroatoms. The summed E-state index contributed by atoms with van der Waals surface area (Å²) >= 11 is 6.00. The fourth-order valence-electron chi connectivity index (χ4n) is 2.70. The van der Waals surface area contributed by atoms with Gasteiger partial charge in [-0.3, -0.25) is 0 Å². The van der Waals surface area contributed by atoms with Crippen molar-refractivity contribution in [3.05, 3.63) is 5.28 Å². The van der Waals surface area contributed by atoms with Crippen LogP contribution in [-0.2, 0) is 0 Å². The molecule has 0 saturated carbocycles. The number of hydrogen-bond donors (Lipinski definition) is 1. The van der Waals surface area contributed by atoms with E-state index in [2.05, 4.69) is 37.1 Å². The van der Waals surface area contributed by atoms with Crippen molar-refractivity contribution in [3.8, 4) is 0 Å². The van der Waals surface area contributed by atoms with Gasteiger partial charge in [0, 0.05) is 25.7 Å². The smallest absolute Gasteiger partial charge is 0.231 e. The lowest BCUT2D eigenvalue weighted by molar-refractivity contribution is 0.414. The van der Waals surface area contributed by atoms with Crippen molar-refractivity contribution in [1.29, 1.82) is 0 Å². The van der Waals surface area contributed by atoms with Crippen molar-refractivity contribution in [2.45, 2.75) is 25.3 Å². The predicted octanol–water partition coefficient (Wildman–Crippen LogP) is 1.24. The second-order valence-electron chi connectivity index (χ2n) is 5.31. The maximum Gasteiger partial charge on any atom is 0.231 e. The van der Waals surface area contributed by atoms with Crippen LogP contribution in [0.25, 0.3) is 0 Å². The van der Waals surface area contributed by atoms with E-state index >= 15 is 0 Å². The van der Waals surface area contributed by atoms with E-state index in [9.17, 15) is 0 Å². The van der Waals surface area contributed by atoms with Gasteiger partial charge in [-0.05, 0) is 44.5 Å². The lowest BCUT2D eigenvalue weighted by atomic mass is 10.3. The Morgan fingerprint density at radius 3 is 2.63 bits per heavy atom. The zero-order valence-electron chi connectivity index (χ0n) is 11.1. The van der Waals surface area contributed by atoms with E-state index in [4.69, 9.17) is 11.6 Å². The molecule has 1 atom stereocenters. The molecule has 0 bridgehead atoms. The van der Waals surface area contributed by atoms with Gasteiger partial charge < -0.3 is 15.1 Å². The van der Waals surface area contributed by atoms with Crippen LogP contribution in [0.1, 0.15) is 19.3 Å². The topological polar surface area (TPSA) is 57.2 Å². The number of hydrogen-bond acceptors (Lipinski definition) is 6. The summed E-state index contributed by atoms with van der Waals surface area (Å²) in [5.74, 6) is 1.30. The van der Waals surface area contributed by atoms with Gasteiger partial charge in [0.15, 0.2) is 0 Å². The lowest BCUT2D eigenvalue weighted by Crippen LogP contribution is -2.26. The Bertz CT molecular complexity index is 448. The maximum absolute atomic E-state index is 6.00. The van der Waals surface area contributed by atoms with Gasteiger partial charge in [0.25, 0.3) is 0 Å². The normalized spacial score (nSPS) is 24.1. The highest BCUT2D eigenvalue weighted by molar-refractivity contribution is 6.28. The molecule has 2 fully saturated rings. The molecule has 1 unspecified atom stereocenters. The molecule has 3 rings (SSSR count). The van der Waals surface area contributed by atoms with Gasteiger partial charge in [0.1, 0.15) is 0 Å². The van der Waals surface area contributed by atoms with Crippen LogP contribution in [0.4, 0.5) is 11.9 Å². The van der Waals surface area contributed by atoms with Gasteiger partial charge in [0.05, 0.1) is 0 Å². The van der Waals surface area contributed by atoms with Crippen molar-refractivity contribution >= 4 is 23.5 Å². The summed E-state index contributed by atoms with van der Waals surface area (Å²) in [7, 11) is 2.12. The number of likely N-dealkylation sites (N-methyl/N-ethyl adjacent to an activating group) is 1. The largest absolute Gasteiger partial charge is 0.350 e. The van der Waals surface area contributed by atoms with Gasteiger partial charge in [0.2, 0.25) is 17.2 Å². The van der Waals surface area contributed by atoms with E-state index in [0.717, 1.165) is 32.6 Å². The molecule has 19 heavy (non-hydrogen) atoms. The molecular formula is C12H19ClN6. The minimum atomic E-state index is 0.269. The van der Waals surface area contributed by atoms with E-state index in [1.807, 2.05) is 0 Å². The Labute approximate surface area is 118 Å². The van der Waals surface area contributed by atoms with Crippen LogP contribution in [0.5, 0.6) is 0 Å². The maximum atomic E-state index is 6.00. The standard InChI is InChI=1S/C12H19ClN6/c1-18-7-4-9(8-18)14-11-15-10(13)16-12(17-11)19-5-2-3-6-19/h9H,2-8H2,1H3,(H,14,15,16,17). The van der Waals surface area contributed by atoms with E-state index in [-0.39, 0.29) is 5.28 Å². The first kappa shape index (κ1) is 12.9. The highest BCUT2D eigenvalue weighted by Crippen LogP contribution is 2.20. The van der Waals surface area contributed by atoms with Gasteiger partial charge in [-0.2, -0.15) is 15.0 Å². The quantitative estimate of drug-likeness (QED) is 0.900. The summed E-state index contributed by atoms with van der Waals surface area (Å²) in [6.45, 7) is 4.13. The Kier molecular flexibility index (Phi) is 3.70. The Morgan fingerprint density at radius 2 is 1.95 bits per heavy atom. The zero-order chi connectivity index (χ0) is 13.2. The van der Waals surface area contributed by atoms with E-state index in [0.29, 0.717) is 17.9 Å². The second kappa shape index (κ2) is 5.46. The Hall–Kier alpha value is -1.14. The summed E-state index contributed by atoms with van der Waals surface area (Å²) in [6.07, 6.45) is 3.50. The fourth-order valence-corrected chi connectivity index (χ4v) is 2.85. The molecule has 0 amide bonds. The number of nitrogens with zero attached hydrogens (tertiary/aromatic N) is 5. The van der Waals surface area contributed by atoms with E-state index < -0.39 is 0 Å². The molecule has 1 aromatic rings. The van der Waals surface area contributed by atoms with Crippen LogP contribution >= 0.6 is 11.6 Å². The number of halogens is 1. The van der Waals surface area contributed by atoms with Crippen LogP contribution in [0.3, 0.4) is 0 Å². The summed E-state index contributed by atoms with van der Waals surface area (Å²) in [5.41, 5.74) is 0. The minimum absolute atomic E-state index is 0.269. The molecule has 104 valence electrons. The lowest BCUT2D eigenvalue weighted by Gasteiger charge is -2.17. The highest BCUT2D eigenvalue weighted by Gasteiger charge is 2.22. The highest BCUT2D eigenvalue weighted by atomic mass is 35.5. The molecular weight excluding hydrogens is 264 g/mol. The summed E-state index contributed by atoms with van der Waals surface area (Å²) in [4.78, 5) is 17.4. The molecule has 0 radical (unpaired) electrons. The number of nitrogens with one attached hydrogen (secondary N) is 1. The number of aromatic nitrogens is 3. The molecule has 2 saturated heterocycles. The van der Waals surface area contributed by atoms with Crippen LogP contribution in [0.15, 0.2) is 0 Å². The number of rotatable bonds is 3. The van der Waals surface area contributed by atoms with Crippen LogP contribution in [-0.4, -0.2) is 59.1 Å². The first-order chi connectivity index (χ1) is 9.20. The SMILES string of the molecule is CN1CCC(Nc2nc(Cl)nc(N3CCCC3)n2)C1. The summed E-state index contributed by atoms with van der Waals surface area (Å²) < 4.78 is 0. The summed E-state index contributed by atoms with van der Waals surface area (Å²) in [5, 5.41) is 3.63. The Balaban J connectivity index is 1.73. The molecule has 1 N–H and O–H groups in total. The average molecular weight is 283 g/mol. The molecule has 0 aromatic carbocycles. The molecule has 0 aliphatic carbocycles.